The maximum atomic E-state index is 13.6. The van der Waals surface area contributed by atoms with Crippen LogP contribution in [0.4, 0.5) is 4.39 Å². The van der Waals surface area contributed by atoms with Gasteiger partial charge in [0.05, 0.1) is 5.69 Å². The molecule has 3 rings (SSSR count). The highest BCUT2D eigenvalue weighted by Gasteiger charge is 2.23. The summed E-state index contributed by atoms with van der Waals surface area (Å²) in [4.78, 5) is 28.6. The van der Waals surface area contributed by atoms with Gasteiger partial charge in [-0.1, -0.05) is 13.0 Å². The lowest BCUT2D eigenvalue weighted by atomic mass is 10.1. The summed E-state index contributed by atoms with van der Waals surface area (Å²) in [5, 5.41) is 4.34. The van der Waals surface area contributed by atoms with E-state index in [2.05, 4.69) is 20.0 Å². The molecule has 0 saturated heterocycles. The third kappa shape index (κ3) is 3.47. The highest BCUT2D eigenvalue weighted by atomic mass is 19.1. The Morgan fingerprint density at radius 1 is 1.24 bits per heavy atom. The molecule has 0 amide bonds. The Labute approximate surface area is 143 Å². The maximum absolute atomic E-state index is 13.6. The van der Waals surface area contributed by atoms with E-state index in [0.29, 0.717) is 29.1 Å². The minimum atomic E-state index is -0.615. The van der Waals surface area contributed by atoms with Crippen molar-refractivity contribution in [3.63, 3.8) is 0 Å². The van der Waals surface area contributed by atoms with Crippen LogP contribution in [0.2, 0.25) is 0 Å². The molecule has 3 aromatic heterocycles. The van der Waals surface area contributed by atoms with Crippen LogP contribution >= 0.6 is 0 Å². The second kappa shape index (κ2) is 7.08. The van der Waals surface area contributed by atoms with E-state index < -0.39 is 11.9 Å². The molecular formula is C17H15FN4O3. The van der Waals surface area contributed by atoms with Crippen molar-refractivity contribution < 1.29 is 19.0 Å². The molecule has 25 heavy (non-hydrogen) atoms. The Morgan fingerprint density at radius 3 is 2.72 bits per heavy atom. The predicted molar refractivity (Wildman–Crippen MR) is 86.3 cm³/mol. The van der Waals surface area contributed by atoms with E-state index in [1.807, 2.05) is 6.92 Å². The van der Waals surface area contributed by atoms with Crippen molar-refractivity contribution in [3.8, 4) is 23.0 Å². The van der Waals surface area contributed by atoms with E-state index in [-0.39, 0.29) is 5.88 Å². The van der Waals surface area contributed by atoms with Gasteiger partial charge in [-0.25, -0.2) is 24.3 Å². The zero-order valence-electron chi connectivity index (χ0n) is 13.6. The highest BCUT2D eigenvalue weighted by molar-refractivity contribution is 5.68. The van der Waals surface area contributed by atoms with Gasteiger partial charge in [0.1, 0.15) is 0 Å². The zero-order valence-corrected chi connectivity index (χ0v) is 13.6. The first-order valence-electron chi connectivity index (χ1n) is 7.60. The van der Waals surface area contributed by atoms with Gasteiger partial charge < -0.3 is 0 Å². The summed E-state index contributed by atoms with van der Waals surface area (Å²) in [6, 6.07) is 8.29. The van der Waals surface area contributed by atoms with E-state index in [9.17, 15) is 9.18 Å². The van der Waals surface area contributed by atoms with Crippen LogP contribution in [0.15, 0.2) is 42.7 Å². The number of halogens is 1. The summed E-state index contributed by atoms with van der Waals surface area (Å²) in [5.74, 6) is -0.584. The SMILES string of the molecule is CCc1c(OOC(C)=O)nn(-c2ccccn2)c1-c1ccnc(F)c1. The van der Waals surface area contributed by atoms with Crippen LogP contribution in [-0.4, -0.2) is 25.7 Å². The van der Waals surface area contributed by atoms with Crippen LogP contribution < -0.4 is 4.89 Å². The second-order valence-corrected chi connectivity index (χ2v) is 5.11. The number of carbonyl (C=O) groups is 1. The van der Waals surface area contributed by atoms with E-state index in [1.54, 1.807) is 30.5 Å². The number of hydrogen-bond donors (Lipinski definition) is 0. The van der Waals surface area contributed by atoms with Gasteiger partial charge in [-0.3, -0.25) is 4.89 Å². The summed E-state index contributed by atoms with van der Waals surface area (Å²) in [6.07, 6.45) is 3.50. The van der Waals surface area contributed by atoms with Gasteiger partial charge in [0, 0.05) is 36.5 Å². The largest absolute Gasteiger partial charge is 0.352 e. The molecular weight excluding hydrogens is 327 g/mol. The van der Waals surface area contributed by atoms with Gasteiger partial charge >= 0.3 is 5.97 Å². The van der Waals surface area contributed by atoms with Gasteiger partial charge in [0.25, 0.3) is 5.88 Å². The summed E-state index contributed by atoms with van der Waals surface area (Å²) in [5.41, 5.74) is 1.79. The van der Waals surface area contributed by atoms with Crippen molar-refractivity contribution >= 4 is 5.97 Å². The Hall–Kier alpha value is -3.29. The van der Waals surface area contributed by atoms with Gasteiger partial charge in [-0.05, 0) is 24.6 Å². The van der Waals surface area contributed by atoms with Gasteiger partial charge in [0.15, 0.2) is 5.82 Å². The standard InChI is InChI=1S/C17H15FN4O3/c1-3-13-16(12-7-9-19-14(18)10-12)22(15-6-4-5-8-20-15)21-17(13)25-24-11(2)23/h4-10H,3H2,1-2H3. The van der Waals surface area contributed by atoms with Crippen molar-refractivity contribution in [1.82, 2.24) is 19.7 Å². The number of carbonyl (C=O) groups excluding carboxylic acids is 1. The number of pyridine rings is 2. The van der Waals surface area contributed by atoms with Crippen molar-refractivity contribution in [2.75, 3.05) is 0 Å². The quantitative estimate of drug-likeness (QED) is 0.403. The molecule has 0 bridgehead atoms. The molecule has 0 aliphatic rings. The molecule has 0 aliphatic heterocycles. The molecule has 0 radical (unpaired) electrons. The fraction of sp³-hybridized carbons (Fsp3) is 0.176. The van der Waals surface area contributed by atoms with Crippen LogP contribution in [-0.2, 0) is 16.1 Å². The molecule has 0 saturated carbocycles. The van der Waals surface area contributed by atoms with Crippen LogP contribution in [0.1, 0.15) is 19.4 Å². The fourth-order valence-corrected chi connectivity index (χ4v) is 2.41. The summed E-state index contributed by atoms with van der Waals surface area (Å²) in [7, 11) is 0. The molecule has 0 aromatic carbocycles. The highest BCUT2D eigenvalue weighted by Crippen LogP contribution is 2.33. The molecule has 0 aliphatic carbocycles. The summed E-state index contributed by atoms with van der Waals surface area (Å²) >= 11 is 0. The molecule has 0 spiro atoms. The minimum absolute atomic E-state index is 0.121. The second-order valence-electron chi connectivity index (χ2n) is 5.11. The van der Waals surface area contributed by atoms with Crippen molar-refractivity contribution in [2.45, 2.75) is 20.3 Å². The Kier molecular flexibility index (Phi) is 4.69. The van der Waals surface area contributed by atoms with Crippen LogP contribution in [0, 0.1) is 5.95 Å². The fourth-order valence-electron chi connectivity index (χ4n) is 2.41. The van der Waals surface area contributed by atoms with E-state index >= 15 is 0 Å². The van der Waals surface area contributed by atoms with Crippen molar-refractivity contribution in [3.05, 3.63) is 54.2 Å². The molecule has 8 heteroatoms. The van der Waals surface area contributed by atoms with Crippen molar-refractivity contribution in [2.24, 2.45) is 0 Å². The average Bonchev–Trinajstić information content (AvgIpc) is 2.99. The summed E-state index contributed by atoms with van der Waals surface area (Å²) < 4.78 is 15.1. The monoisotopic (exact) mass is 342 g/mol. The van der Waals surface area contributed by atoms with E-state index in [4.69, 9.17) is 4.89 Å². The summed E-state index contributed by atoms with van der Waals surface area (Å²) in [6.45, 7) is 3.11. The average molecular weight is 342 g/mol. The van der Waals surface area contributed by atoms with Gasteiger partial charge in [0.2, 0.25) is 5.95 Å². The maximum Gasteiger partial charge on any atom is 0.352 e. The van der Waals surface area contributed by atoms with E-state index in [1.165, 1.54) is 23.9 Å². The van der Waals surface area contributed by atoms with Gasteiger partial charge in [-0.15, -0.1) is 5.10 Å². The third-order valence-electron chi connectivity index (χ3n) is 3.40. The van der Waals surface area contributed by atoms with E-state index in [0.717, 1.165) is 0 Å². The molecule has 0 fully saturated rings. The normalized spacial score (nSPS) is 10.5. The first-order chi connectivity index (χ1) is 12.1. The molecule has 0 atom stereocenters. The number of rotatable bonds is 5. The zero-order chi connectivity index (χ0) is 17.8. The predicted octanol–water partition coefficient (Wildman–Crippen LogP) is 2.89. The third-order valence-corrected chi connectivity index (χ3v) is 3.40. The number of hydrogen-bond acceptors (Lipinski definition) is 6. The van der Waals surface area contributed by atoms with Crippen molar-refractivity contribution in [1.29, 1.82) is 0 Å². The number of nitrogens with zero attached hydrogens (tertiary/aromatic N) is 4. The Bertz CT molecular complexity index is 896. The minimum Gasteiger partial charge on any atom is -0.264 e. The van der Waals surface area contributed by atoms with Crippen LogP contribution in [0.3, 0.4) is 0 Å². The first-order valence-corrected chi connectivity index (χ1v) is 7.60. The number of aromatic nitrogens is 4. The Morgan fingerprint density at radius 2 is 2.08 bits per heavy atom. The van der Waals surface area contributed by atoms with Crippen LogP contribution in [0.25, 0.3) is 17.1 Å². The topological polar surface area (TPSA) is 79.1 Å². The molecule has 0 unspecified atom stereocenters. The first kappa shape index (κ1) is 16.6. The molecule has 0 N–H and O–H groups in total. The lowest BCUT2D eigenvalue weighted by Gasteiger charge is -2.08. The molecule has 128 valence electrons. The lowest BCUT2D eigenvalue weighted by molar-refractivity contribution is -0.212. The van der Waals surface area contributed by atoms with Crippen LogP contribution in [0.5, 0.6) is 5.88 Å². The Balaban J connectivity index is 2.20. The lowest BCUT2D eigenvalue weighted by Crippen LogP contribution is -2.05. The van der Waals surface area contributed by atoms with Gasteiger partial charge in [-0.2, -0.15) is 4.39 Å². The molecule has 3 aromatic rings. The molecule has 3 heterocycles. The smallest absolute Gasteiger partial charge is 0.264 e. The molecule has 7 nitrogen and oxygen atoms in total.